The molecule has 3 aromatic heterocycles. The Morgan fingerprint density at radius 1 is 1.25 bits per heavy atom. The highest BCUT2D eigenvalue weighted by Crippen LogP contribution is 2.21. The van der Waals surface area contributed by atoms with Crippen molar-refractivity contribution in [2.45, 2.75) is 25.9 Å². The summed E-state index contributed by atoms with van der Waals surface area (Å²) in [5.41, 5.74) is -0.0683. The highest BCUT2D eigenvalue weighted by molar-refractivity contribution is 7.09. The summed E-state index contributed by atoms with van der Waals surface area (Å²) in [6.45, 7) is 3.38. The average Bonchev–Trinajstić information content (AvgIpc) is 3.37. The van der Waals surface area contributed by atoms with Crippen molar-refractivity contribution >= 4 is 16.7 Å². The fourth-order valence-electron chi connectivity index (χ4n) is 3.36. The Morgan fingerprint density at radius 2 is 2.07 bits per heavy atom. The van der Waals surface area contributed by atoms with Crippen molar-refractivity contribution in [2.24, 2.45) is 5.92 Å². The normalized spacial score (nSPS) is 15.8. The number of hydrogen-bond acceptors (Lipinski definition) is 8. The Balaban J connectivity index is 1.34. The molecule has 148 valence electrons. The molecule has 10 heteroatoms. The van der Waals surface area contributed by atoms with Crippen molar-refractivity contribution in [1.82, 2.24) is 33.8 Å². The van der Waals surface area contributed by atoms with Gasteiger partial charge in [-0.1, -0.05) is 0 Å². The molecule has 1 saturated heterocycles. The van der Waals surface area contributed by atoms with E-state index >= 15 is 0 Å². The zero-order chi connectivity index (χ0) is 19.5. The second kappa shape index (κ2) is 8.19. The predicted molar refractivity (Wildman–Crippen MR) is 108 cm³/mol. The Labute approximate surface area is 167 Å². The van der Waals surface area contributed by atoms with E-state index in [0.717, 1.165) is 43.4 Å². The average molecular weight is 401 g/mol. The van der Waals surface area contributed by atoms with Crippen LogP contribution in [-0.2, 0) is 13.1 Å². The highest BCUT2D eigenvalue weighted by atomic mass is 32.1. The molecule has 1 fully saturated rings. The third-order valence-corrected chi connectivity index (χ3v) is 5.86. The molecule has 0 aliphatic carbocycles. The van der Waals surface area contributed by atoms with Crippen LogP contribution in [0, 0.1) is 5.92 Å². The lowest BCUT2D eigenvalue weighted by molar-refractivity contribution is 0.161. The zero-order valence-electron chi connectivity index (χ0n) is 16.1. The summed E-state index contributed by atoms with van der Waals surface area (Å²) in [5, 5.41) is 9.60. The number of aromatic nitrogens is 6. The van der Waals surface area contributed by atoms with Gasteiger partial charge in [-0.25, -0.2) is 14.3 Å². The minimum Gasteiger partial charge on any atom is -0.353 e. The number of rotatable bonds is 6. The third-order valence-electron chi connectivity index (χ3n) is 4.93. The molecule has 0 aromatic carbocycles. The van der Waals surface area contributed by atoms with Crippen molar-refractivity contribution in [1.29, 1.82) is 0 Å². The maximum absolute atomic E-state index is 12.2. The minimum atomic E-state index is -0.0683. The lowest BCUT2D eigenvalue weighted by Crippen LogP contribution is -2.36. The fraction of sp³-hybridized carbons (Fsp3) is 0.500. The highest BCUT2D eigenvalue weighted by Gasteiger charge is 2.22. The van der Waals surface area contributed by atoms with Gasteiger partial charge < -0.3 is 4.90 Å². The van der Waals surface area contributed by atoms with Crippen LogP contribution in [0.4, 0.5) is 5.13 Å². The predicted octanol–water partition coefficient (Wildman–Crippen LogP) is 1.26. The molecule has 1 aliphatic rings. The van der Waals surface area contributed by atoms with Crippen LogP contribution in [0.15, 0.2) is 35.4 Å². The van der Waals surface area contributed by atoms with E-state index < -0.39 is 0 Å². The summed E-state index contributed by atoms with van der Waals surface area (Å²) in [7, 11) is 3.96. The van der Waals surface area contributed by atoms with Crippen LogP contribution in [0.5, 0.6) is 0 Å². The maximum atomic E-state index is 12.2. The first kappa shape index (κ1) is 18.8. The van der Waals surface area contributed by atoms with E-state index in [9.17, 15) is 4.79 Å². The molecule has 0 bridgehead atoms. The van der Waals surface area contributed by atoms with Crippen LogP contribution >= 0.6 is 11.5 Å². The molecule has 0 radical (unpaired) electrons. The second-order valence-corrected chi connectivity index (χ2v) is 8.00. The SMILES string of the molecule is CN(C)c1nc(CN2CCC(Cn3nc(-n4cccn4)ccc3=O)CC2)ns1. The first-order valence-corrected chi connectivity index (χ1v) is 10.2. The first-order chi connectivity index (χ1) is 13.6. The summed E-state index contributed by atoms with van der Waals surface area (Å²) in [4.78, 5) is 21.1. The van der Waals surface area contributed by atoms with E-state index in [1.54, 1.807) is 27.7 Å². The molecule has 0 atom stereocenters. The summed E-state index contributed by atoms with van der Waals surface area (Å²) in [6.07, 6.45) is 5.59. The number of likely N-dealkylation sites (tertiary alicyclic amines) is 1. The van der Waals surface area contributed by atoms with Crippen LogP contribution in [0.1, 0.15) is 18.7 Å². The minimum absolute atomic E-state index is 0.0683. The van der Waals surface area contributed by atoms with Gasteiger partial charge in [-0.3, -0.25) is 9.69 Å². The van der Waals surface area contributed by atoms with Gasteiger partial charge in [0.15, 0.2) is 11.6 Å². The second-order valence-electron chi connectivity index (χ2n) is 7.27. The van der Waals surface area contributed by atoms with Crippen LogP contribution in [0.2, 0.25) is 0 Å². The van der Waals surface area contributed by atoms with Gasteiger partial charge >= 0.3 is 0 Å². The van der Waals surface area contributed by atoms with Crippen molar-refractivity contribution in [2.75, 3.05) is 32.1 Å². The Bertz CT molecular complexity index is 956. The van der Waals surface area contributed by atoms with Gasteiger partial charge in [0, 0.05) is 50.6 Å². The van der Waals surface area contributed by atoms with Crippen LogP contribution < -0.4 is 10.5 Å². The molecule has 4 rings (SSSR count). The molecule has 4 heterocycles. The van der Waals surface area contributed by atoms with E-state index in [2.05, 4.69) is 24.5 Å². The molecule has 9 nitrogen and oxygen atoms in total. The molecule has 0 spiro atoms. The monoisotopic (exact) mass is 400 g/mol. The standard InChI is InChI=1S/C18H24N8OS/c1-23(2)18-20-15(22-28-18)13-24-10-6-14(7-11-24)12-26-17(27)5-4-16(21-26)25-9-3-8-19-25/h3-5,8-9,14H,6-7,10-13H2,1-2H3. The fourth-order valence-corrected chi connectivity index (χ4v) is 3.95. The quantitative estimate of drug-likeness (QED) is 0.616. The summed E-state index contributed by atoms with van der Waals surface area (Å²) in [6, 6.07) is 5.11. The largest absolute Gasteiger partial charge is 0.353 e. The number of nitrogens with zero attached hydrogens (tertiary/aromatic N) is 8. The van der Waals surface area contributed by atoms with Crippen molar-refractivity contribution in [3.8, 4) is 5.82 Å². The van der Waals surface area contributed by atoms with E-state index in [1.807, 2.05) is 31.3 Å². The van der Waals surface area contributed by atoms with Crippen LogP contribution in [0.25, 0.3) is 5.82 Å². The molecular weight excluding hydrogens is 376 g/mol. The van der Waals surface area contributed by atoms with Gasteiger partial charge in [-0.05, 0) is 44.0 Å². The van der Waals surface area contributed by atoms with E-state index in [1.165, 1.54) is 11.5 Å². The van der Waals surface area contributed by atoms with Crippen molar-refractivity contribution in [3.63, 3.8) is 0 Å². The molecule has 0 amide bonds. The molecule has 0 saturated carbocycles. The summed E-state index contributed by atoms with van der Waals surface area (Å²) >= 11 is 1.44. The van der Waals surface area contributed by atoms with Gasteiger partial charge in [-0.15, -0.1) is 5.10 Å². The zero-order valence-corrected chi connectivity index (χ0v) is 16.9. The van der Waals surface area contributed by atoms with Gasteiger partial charge in [0.1, 0.15) is 0 Å². The molecule has 3 aromatic rings. The van der Waals surface area contributed by atoms with Gasteiger partial charge in [-0.2, -0.15) is 9.47 Å². The first-order valence-electron chi connectivity index (χ1n) is 9.39. The molecular formula is C18H24N8OS. The van der Waals surface area contributed by atoms with E-state index in [4.69, 9.17) is 0 Å². The molecule has 0 unspecified atom stereocenters. The van der Waals surface area contributed by atoms with E-state index in [0.29, 0.717) is 18.3 Å². The van der Waals surface area contributed by atoms with Crippen molar-refractivity contribution < 1.29 is 0 Å². The van der Waals surface area contributed by atoms with Crippen molar-refractivity contribution in [3.05, 3.63) is 46.8 Å². The van der Waals surface area contributed by atoms with E-state index in [-0.39, 0.29) is 5.56 Å². The summed E-state index contributed by atoms with van der Waals surface area (Å²) in [5.74, 6) is 1.99. The lowest BCUT2D eigenvalue weighted by Gasteiger charge is -2.31. The topological polar surface area (TPSA) is 85.0 Å². The number of piperidine rings is 1. The lowest BCUT2D eigenvalue weighted by atomic mass is 9.97. The smallest absolute Gasteiger partial charge is 0.266 e. The molecule has 28 heavy (non-hydrogen) atoms. The van der Waals surface area contributed by atoms with Crippen LogP contribution in [0.3, 0.4) is 0 Å². The molecule has 1 aliphatic heterocycles. The number of anilines is 1. The Morgan fingerprint density at radius 3 is 2.75 bits per heavy atom. The third kappa shape index (κ3) is 4.28. The van der Waals surface area contributed by atoms with Crippen LogP contribution in [-0.4, -0.2) is 61.0 Å². The van der Waals surface area contributed by atoms with Gasteiger partial charge in [0.05, 0.1) is 6.54 Å². The number of hydrogen-bond donors (Lipinski definition) is 0. The molecule has 0 N–H and O–H groups in total. The maximum Gasteiger partial charge on any atom is 0.266 e. The summed E-state index contributed by atoms with van der Waals surface area (Å²) < 4.78 is 7.69. The van der Waals surface area contributed by atoms with Gasteiger partial charge in [0.2, 0.25) is 5.13 Å². The Kier molecular flexibility index (Phi) is 5.49. The Hall–Kier alpha value is -2.59. The van der Waals surface area contributed by atoms with Gasteiger partial charge in [0.25, 0.3) is 5.56 Å².